The molecule has 6 heteroatoms. The zero-order valence-corrected chi connectivity index (χ0v) is 11.6. The van der Waals surface area contributed by atoms with E-state index in [1.54, 1.807) is 0 Å². The van der Waals surface area contributed by atoms with Gasteiger partial charge in [-0.3, -0.25) is 14.8 Å². The lowest BCUT2D eigenvalue weighted by Gasteiger charge is -2.26. The van der Waals surface area contributed by atoms with Crippen LogP contribution in [0, 0.1) is 6.92 Å². The van der Waals surface area contributed by atoms with Gasteiger partial charge in [0.05, 0.1) is 25.5 Å². The number of carbonyl (C=O) groups is 1. The Bertz CT molecular complexity index is 413. The molecule has 2 N–H and O–H groups in total. The maximum absolute atomic E-state index is 11.9. The summed E-state index contributed by atoms with van der Waals surface area (Å²) in [5.41, 5.74) is 2.03. The Morgan fingerprint density at radius 3 is 2.95 bits per heavy atom. The number of hydrogen-bond acceptors (Lipinski definition) is 4. The third kappa shape index (κ3) is 4.65. The minimum Gasteiger partial charge on any atom is -0.379 e. The molecule has 19 heavy (non-hydrogen) atoms. The van der Waals surface area contributed by atoms with Crippen LogP contribution in [0.5, 0.6) is 0 Å². The predicted molar refractivity (Wildman–Crippen MR) is 71.9 cm³/mol. The van der Waals surface area contributed by atoms with Gasteiger partial charge in [0.25, 0.3) is 0 Å². The fourth-order valence-corrected chi connectivity index (χ4v) is 2.23. The molecule has 0 aliphatic carbocycles. The van der Waals surface area contributed by atoms with Crippen LogP contribution in [0.3, 0.4) is 0 Å². The van der Waals surface area contributed by atoms with Crippen molar-refractivity contribution in [2.45, 2.75) is 26.3 Å². The lowest BCUT2D eigenvalue weighted by atomic mass is 10.2. The average molecular weight is 266 g/mol. The zero-order valence-electron chi connectivity index (χ0n) is 11.6. The fourth-order valence-electron chi connectivity index (χ4n) is 2.23. The molecule has 0 spiro atoms. The standard InChI is InChI=1S/C13H22N4O2/c1-10(7-12-8-11(2)15-16-12)14-13(18)9-17-3-5-19-6-4-17/h8,10H,3-7,9H2,1-2H3,(H,14,18)(H,15,16)/t10-/m0/s1. The summed E-state index contributed by atoms with van der Waals surface area (Å²) in [6.07, 6.45) is 0.749. The summed E-state index contributed by atoms with van der Waals surface area (Å²) in [6.45, 7) is 7.53. The molecule has 1 saturated heterocycles. The molecule has 0 bridgehead atoms. The van der Waals surface area contributed by atoms with Gasteiger partial charge >= 0.3 is 0 Å². The Morgan fingerprint density at radius 2 is 2.32 bits per heavy atom. The van der Waals surface area contributed by atoms with Crippen LogP contribution < -0.4 is 5.32 Å². The number of nitrogens with zero attached hydrogens (tertiary/aromatic N) is 2. The normalized spacial score (nSPS) is 18.2. The van der Waals surface area contributed by atoms with Crippen molar-refractivity contribution in [1.82, 2.24) is 20.4 Å². The van der Waals surface area contributed by atoms with Gasteiger partial charge in [-0.1, -0.05) is 0 Å². The van der Waals surface area contributed by atoms with Gasteiger partial charge in [-0.25, -0.2) is 0 Å². The van der Waals surface area contributed by atoms with Crippen molar-refractivity contribution in [3.63, 3.8) is 0 Å². The first kappa shape index (κ1) is 14.0. The van der Waals surface area contributed by atoms with Gasteiger partial charge < -0.3 is 10.1 Å². The quantitative estimate of drug-likeness (QED) is 0.793. The van der Waals surface area contributed by atoms with E-state index in [2.05, 4.69) is 20.4 Å². The average Bonchev–Trinajstić information content (AvgIpc) is 2.75. The summed E-state index contributed by atoms with van der Waals surface area (Å²) in [4.78, 5) is 14.0. The number of rotatable bonds is 5. The van der Waals surface area contributed by atoms with Crippen LogP contribution >= 0.6 is 0 Å². The van der Waals surface area contributed by atoms with E-state index in [4.69, 9.17) is 4.74 Å². The van der Waals surface area contributed by atoms with Crippen LogP contribution in [0.1, 0.15) is 18.3 Å². The van der Waals surface area contributed by atoms with Crippen molar-refractivity contribution in [3.8, 4) is 0 Å². The van der Waals surface area contributed by atoms with Crippen molar-refractivity contribution in [1.29, 1.82) is 0 Å². The van der Waals surface area contributed by atoms with E-state index in [1.165, 1.54) is 0 Å². The molecule has 1 fully saturated rings. The number of aromatic nitrogens is 2. The Morgan fingerprint density at radius 1 is 1.58 bits per heavy atom. The van der Waals surface area contributed by atoms with E-state index in [9.17, 15) is 4.79 Å². The number of morpholine rings is 1. The molecule has 0 aromatic carbocycles. The van der Waals surface area contributed by atoms with Crippen molar-refractivity contribution in [3.05, 3.63) is 17.5 Å². The Hall–Kier alpha value is -1.40. The molecule has 1 aliphatic heterocycles. The summed E-state index contributed by atoms with van der Waals surface area (Å²) < 4.78 is 5.26. The third-order valence-electron chi connectivity index (χ3n) is 3.15. The Balaban J connectivity index is 1.71. The van der Waals surface area contributed by atoms with E-state index >= 15 is 0 Å². The third-order valence-corrected chi connectivity index (χ3v) is 3.15. The van der Waals surface area contributed by atoms with Crippen LogP contribution in [0.15, 0.2) is 6.07 Å². The number of aryl methyl sites for hydroxylation is 1. The summed E-state index contributed by atoms with van der Waals surface area (Å²) in [5.74, 6) is 0.0710. The zero-order chi connectivity index (χ0) is 13.7. The van der Waals surface area contributed by atoms with E-state index in [0.717, 1.165) is 44.1 Å². The molecule has 1 aromatic rings. The first-order valence-corrected chi connectivity index (χ1v) is 6.74. The largest absolute Gasteiger partial charge is 0.379 e. The Kier molecular flexibility index (Phi) is 4.93. The van der Waals surface area contributed by atoms with Crippen molar-refractivity contribution in [2.75, 3.05) is 32.8 Å². The highest BCUT2D eigenvalue weighted by atomic mass is 16.5. The number of ether oxygens (including phenoxy) is 1. The van der Waals surface area contributed by atoms with Crippen LogP contribution in [0.25, 0.3) is 0 Å². The molecule has 1 aromatic heterocycles. The van der Waals surface area contributed by atoms with Gasteiger partial charge in [-0.05, 0) is 19.9 Å². The molecule has 0 unspecified atom stereocenters. The summed E-state index contributed by atoms with van der Waals surface area (Å²) in [5, 5.41) is 10.1. The fraction of sp³-hybridized carbons (Fsp3) is 0.692. The van der Waals surface area contributed by atoms with E-state index < -0.39 is 0 Å². The maximum atomic E-state index is 11.9. The number of carbonyl (C=O) groups excluding carboxylic acids is 1. The van der Waals surface area contributed by atoms with Crippen LogP contribution in [-0.4, -0.2) is 59.9 Å². The van der Waals surface area contributed by atoms with Gasteiger partial charge in [-0.2, -0.15) is 5.10 Å². The first-order chi connectivity index (χ1) is 9.13. The topological polar surface area (TPSA) is 70.2 Å². The van der Waals surface area contributed by atoms with Gasteiger partial charge in [0.15, 0.2) is 0 Å². The monoisotopic (exact) mass is 266 g/mol. The number of nitrogens with one attached hydrogen (secondary N) is 2. The number of amides is 1. The SMILES string of the molecule is Cc1cc(C[C@H](C)NC(=O)CN2CCOCC2)n[nH]1. The minimum absolute atomic E-state index is 0.0710. The molecule has 1 amide bonds. The molecular formula is C13H22N4O2. The molecule has 6 nitrogen and oxygen atoms in total. The summed E-state index contributed by atoms with van der Waals surface area (Å²) in [6, 6.07) is 2.10. The summed E-state index contributed by atoms with van der Waals surface area (Å²) >= 11 is 0. The maximum Gasteiger partial charge on any atom is 0.234 e. The molecule has 1 atom stereocenters. The highest BCUT2D eigenvalue weighted by Gasteiger charge is 2.16. The van der Waals surface area contributed by atoms with Crippen molar-refractivity contribution >= 4 is 5.91 Å². The molecule has 2 heterocycles. The predicted octanol–water partition coefficient (Wildman–Crippen LogP) is 0.0975. The lowest BCUT2D eigenvalue weighted by molar-refractivity contribution is -0.123. The Labute approximate surface area is 113 Å². The lowest BCUT2D eigenvalue weighted by Crippen LogP contribution is -2.45. The van der Waals surface area contributed by atoms with Gasteiger partial charge in [-0.15, -0.1) is 0 Å². The highest BCUT2D eigenvalue weighted by Crippen LogP contribution is 2.02. The number of H-pyrrole nitrogens is 1. The smallest absolute Gasteiger partial charge is 0.234 e. The minimum atomic E-state index is 0.0710. The van der Waals surface area contributed by atoms with Gasteiger partial charge in [0, 0.05) is 31.2 Å². The summed E-state index contributed by atoms with van der Waals surface area (Å²) in [7, 11) is 0. The molecule has 2 rings (SSSR count). The van der Waals surface area contributed by atoms with Gasteiger partial charge in [0.1, 0.15) is 0 Å². The molecule has 1 aliphatic rings. The molecular weight excluding hydrogens is 244 g/mol. The van der Waals surface area contributed by atoms with Crippen molar-refractivity contribution < 1.29 is 9.53 Å². The highest BCUT2D eigenvalue weighted by molar-refractivity contribution is 5.78. The number of aromatic amines is 1. The van der Waals surface area contributed by atoms with E-state index in [0.29, 0.717) is 6.54 Å². The first-order valence-electron chi connectivity index (χ1n) is 6.74. The van der Waals surface area contributed by atoms with E-state index in [-0.39, 0.29) is 11.9 Å². The second kappa shape index (κ2) is 6.68. The van der Waals surface area contributed by atoms with Gasteiger partial charge in [0.2, 0.25) is 5.91 Å². The second-order valence-electron chi connectivity index (χ2n) is 5.10. The van der Waals surface area contributed by atoms with Crippen LogP contribution in [0.4, 0.5) is 0 Å². The molecule has 0 radical (unpaired) electrons. The molecule has 106 valence electrons. The van der Waals surface area contributed by atoms with Crippen LogP contribution in [0.2, 0.25) is 0 Å². The van der Waals surface area contributed by atoms with Crippen molar-refractivity contribution in [2.24, 2.45) is 0 Å². The van der Waals surface area contributed by atoms with E-state index in [1.807, 2.05) is 19.9 Å². The number of hydrogen-bond donors (Lipinski definition) is 2. The van der Waals surface area contributed by atoms with Crippen LogP contribution in [-0.2, 0) is 16.0 Å². The second-order valence-corrected chi connectivity index (χ2v) is 5.10. The molecule has 0 saturated carbocycles.